The fourth-order valence-electron chi connectivity index (χ4n) is 4.07. The Morgan fingerprint density at radius 1 is 1.29 bits per heavy atom. The number of nitrogens with zero attached hydrogens (tertiary/aromatic N) is 1. The van der Waals surface area contributed by atoms with Crippen LogP contribution in [0.15, 0.2) is 0 Å². The number of piperidine rings is 2. The predicted molar refractivity (Wildman–Crippen MR) is 83.1 cm³/mol. The smallest absolute Gasteiger partial charge is 0.410 e. The van der Waals surface area contributed by atoms with E-state index >= 15 is 0 Å². The number of ether oxygens (including phenoxy) is 1. The zero-order valence-corrected chi connectivity index (χ0v) is 14.2. The van der Waals surface area contributed by atoms with Crippen LogP contribution in [0.5, 0.6) is 0 Å². The molecule has 0 aromatic rings. The van der Waals surface area contributed by atoms with Gasteiger partial charge in [-0.2, -0.15) is 0 Å². The van der Waals surface area contributed by atoms with Gasteiger partial charge in [0.1, 0.15) is 5.60 Å². The van der Waals surface area contributed by atoms with Gasteiger partial charge in [-0.05, 0) is 65.2 Å². The van der Waals surface area contributed by atoms with E-state index in [0.29, 0.717) is 18.8 Å². The van der Waals surface area contributed by atoms with Crippen LogP contribution in [0.4, 0.5) is 4.79 Å². The van der Waals surface area contributed by atoms with Gasteiger partial charge in [0.2, 0.25) is 0 Å². The first-order chi connectivity index (χ1) is 9.60. The first-order valence-electron chi connectivity index (χ1n) is 8.33. The number of hydrogen-bond donors (Lipinski definition) is 1. The van der Waals surface area contributed by atoms with Crippen molar-refractivity contribution in [3.63, 3.8) is 0 Å². The van der Waals surface area contributed by atoms with E-state index in [1.165, 1.54) is 0 Å². The Labute approximate surface area is 128 Å². The standard InChI is InChI=1S/C17H31NO3/c1-12(2)9-17(20)10-13-7-6-8-14(11-17)18(13)15(19)21-16(3,4)5/h12-14,20H,6-11H2,1-5H3. The van der Waals surface area contributed by atoms with Crippen LogP contribution in [0.1, 0.15) is 73.1 Å². The maximum atomic E-state index is 12.5. The summed E-state index contributed by atoms with van der Waals surface area (Å²) in [5.41, 5.74) is -1.07. The lowest BCUT2D eigenvalue weighted by molar-refractivity contribution is -0.100. The minimum Gasteiger partial charge on any atom is -0.444 e. The number of amides is 1. The van der Waals surface area contributed by atoms with E-state index in [1.807, 2.05) is 25.7 Å². The highest BCUT2D eigenvalue weighted by Gasteiger charge is 2.48. The average molecular weight is 297 g/mol. The van der Waals surface area contributed by atoms with Gasteiger partial charge in [0.05, 0.1) is 5.60 Å². The molecule has 122 valence electrons. The molecule has 2 unspecified atom stereocenters. The van der Waals surface area contributed by atoms with E-state index in [9.17, 15) is 9.90 Å². The van der Waals surface area contributed by atoms with E-state index in [2.05, 4.69) is 13.8 Å². The largest absolute Gasteiger partial charge is 0.444 e. The van der Waals surface area contributed by atoms with Crippen LogP contribution in [-0.4, -0.2) is 39.4 Å². The molecule has 2 heterocycles. The SMILES string of the molecule is CC(C)CC1(O)CC2CCCC(C1)N2C(=O)OC(C)(C)C. The highest BCUT2D eigenvalue weighted by Crippen LogP contribution is 2.42. The van der Waals surface area contributed by atoms with E-state index in [-0.39, 0.29) is 18.2 Å². The second-order valence-corrected chi connectivity index (χ2v) is 8.36. The number of aliphatic hydroxyl groups is 1. The Bertz CT molecular complexity index is 372. The van der Waals surface area contributed by atoms with E-state index < -0.39 is 11.2 Å². The van der Waals surface area contributed by atoms with Crippen molar-refractivity contribution in [2.45, 2.75) is 96.4 Å². The molecule has 0 aromatic heterocycles. The third-order valence-electron chi connectivity index (χ3n) is 4.49. The van der Waals surface area contributed by atoms with Crippen LogP contribution in [0.2, 0.25) is 0 Å². The van der Waals surface area contributed by atoms with Gasteiger partial charge in [0.25, 0.3) is 0 Å². The highest BCUT2D eigenvalue weighted by atomic mass is 16.6. The van der Waals surface area contributed by atoms with Crippen molar-refractivity contribution in [2.75, 3.05) is 0 Å². The van der Waals surface area contributed by atoms with E-state index in [4.69, 9.17) is 4.74 Å². The summed E-state index contributed by atoms with van der Waals surface area (Å²) in [4.78, 5) is 14.4. The average Bonchev–Trinajstić information content (AvgIpc) is 2.22. The molecule has 2 bridgehead atoms. The van der Waals surface area contributed by atoms with Crippen LogP contribution in [0, 0.1) is 5.92 Å². The first-order valence-corrected chi connectivity index (χ1v) is 8.33. The molecule has 2 atom stereocenters. The number of fused-ring (bicyclic) bond motifs is 2. The number of rotatable bonds is 2. The van der Waals surface area contributed by atoms with Crippen molar-refractivity contribution in [3.05, 3.63) is 0 Å². The molecule has 2 rings (SSSR count). The van der Waals surface area contributed by atoms with Crippen LogP contribution in [0.3, 0.4) is 0 Å². The van der Waals surface area contributed by atoms with E-state index in [1.54, 1.807) is 0 Å². The molecule has 0 spiro atoms. The lowest BCUT2D eigenvalue weighted by Crippen LogP contribution is -2.60. The molecule has 0 saturated carbocycles. The minimum atomic E-state index is -0.609. The number of carbonyl (C=O) groups is 1. The van der Waals surface area contributed by atoms with Crippen molar-refractivity contribution in [2.24, 2.45) is 5.92 Å². The molecule has 4 nitrogen and oxygen atoms in total. The molecule has 0 aliphatic carbocycles. The molecule has 1 amide bonds. The van der Waals surface area contributed by atoms with Gasteiger partial charge < -0.3 is 14.7 Å². The molecule has 4 heteroatoms. The Morgan fingerprint density at radius 3 is 2.24 bits per heavy atom. The van der Waals surface area contributed by atoms with Crippen molar-refractivity contribution in [1.82, 2.24) is 4.90 Å². The van der Waals surface area contributed by atoms with Gasteiger partial charge in [-0.1, -0.05) is 13.8 Å². The minimum absolute atomic E-state index is 0.135. The second-order valence-electron chi connectivity index (χ2n) is 8.36. The molecule has 2 saturated heterocycles. The monoisotopic (exact) mass is 297 g/mol. The number of hydrogen-bond acceptors (Lipinski definition) is 3. The zero-order valence-electron chi connectivity index (χ0n) is 14.2. The van der Waals surface area contributed by atoms with Gasteiger partial charge in [-0.3, -0.25) is 0 Å². The molecule has 2 aliphatic rings. The van der Waals surface area contributed by atoms with Gasteiger partial charge in [0, 0.05) is 12.1 Å². The molecule has 2 fully saturated rings. The first kappa shape index (κ1) is 16.6. The summed E-state index contributed by atoms with van der Waals surface area (Å²) in [5.74, 6) is 0.476. The van der Waals surface area contributed by atoms with Crippen LogP contribution >= 0.6 is 0 Å². The molecule has 21 heavy (non-hydrogen) atoms. The number of carbonyl (C=O) groups excluding carboxylic acids is 1. The molecular weight excluding hydrogens is 266 g/mol. The topological polar surface area (TPSA) is 49.8 Å². The summed E-state index contributed by atoms with van der Waals surface area (Å²) < 4.78 is 5.57. The summed E-state index contributed by atoms with van der Waals surface area (Å²) in [6, 6.07) is 0.271. The molecule has 0 radical (unpaired) electrons. The zero-order chi connectivity index (χ0) is 15.8. The Kier molecular flexibility index (Phi) is 4.57. The van der Waals surface area contributed by atoms with Gasteiger partial charge in [0.15, 0.2) is 0 Å². The normalized spacial score (nSPS) is 33.2. The lowest BCUT2D eigenvalue weighted by atomic mass is 9.72. The lowest BCUT2D eigenvalue weighted by Gasteiger charge is -2.52. The maximum absolute atomic E-state index is 12.5. The van der Waals surface area contributed by atoms with Gasteiger partial charge >= 0.3 is 6.09 Å². The van der Waals surface area contributed by atoms with E-state index in [0.717, 1.165) is 25.7 Å². The summed E-state index contributed by atoms with van der Waals surface area (Å²) in [6.45, 7) is 10.0. The second kappa shape index (κ2) is 5.79. The summed E-state index contributed by atoms with van der Waals surface area (Å²) in [7, 11) is 0. The third-order valence-corrected chi connectivity index (χ3v) is 4.49. The van der Waals surface area contributed by atoms with Crippen molar-refractivity contribution < 1.29 is 14.6 Å². The van der Waals surface area contributed by atoms with Gasteiger partial charge in [-0.15, -0.1) is 0 Å². The van der Waals surface area contributed by atoms with Crippen LogP contribution < -0.4 is 0 Å². The Balaban J connectivity index is 2.11. The fraction of sp³-hybridized carbons (Fsp3) is 0.941. The summed E-state index contributed by atoms with van der Waals surface area (Å²) >= 11 is 0. The van der Waals surface area contributed by atoms with Crippen LogP contribution in [0.25, 0.3) is 0 Å². The molecule has 2 aliphatic heterocycles. The fourth-order valence-corrected chi connectivity index (χ4v) is 4.07. The maximum Gasteiger partial charge on any atom is 0.410 e. The third kappa shape index (κ3) is 4.12. The van der Waals surface area contributed by atoms with Crippen molar-refractivity contribution in [1.29, 1.82) is 0 Å². The quantitative estimate of drug-likeness (QED) is 0.845. The Morgan fingerprint density at radius 2 is 1.81 bits per heavy atom. The van der Waals surface area contributed by atoms with Crippen molar-refractivity contribution in [3.8, 4) is 0 Å². The highest BCUT2D eigenvalue weighted by molar-refractivity contribution is 5.69. The van der Waals surface area contributed by atoms with Crippen LogP contribution in [-0.2, 0) is 4.74 Å². The predicted octanol–water partition coefficient (Wildman–Crippen LogP) is 3.72. The van der Waals surface area contributed by atoms with Gasteiger partial charge in [-0.25, -0.2) is 4.79 Å². The summed E-state index contributed by atoms with van der Waals surface area (Å²) in [5, 5.41) is 10.9. The summed E-state index contributed by atoms with van der Waals surface area (Å²) in [6.07, 6.45) is 5.12. The molecule has 1 N–H and O–H groups in total. The molecular formula is C17H31NO3. The van der Waals surface area contributed by atoms with Crippen molar-refractivity contribution >= 4 is 6.09 Å². The Hall–Kier alpha value is -0.770. The molecule has 0 aromatic carbocycles.